The van der Waals surface area contributed by atoms with Gasteiger partial charge in [0.15, 0.2) is 0 Å². The van der Waals surface area contributed by atoms with Crippen molar-refractivity contribution in [2.75, 3.05) is 10.0 Å². The molecule has 7 heteroatoms. The highest BCUT2D eigenvalue weighted by Gasteiger charge is 2.14. The maximum absolute atomic E-state index is 12.5. The highest BCUT2D eigenvalue weighted by molar-refractivity contribution is 9.10. The Bertz CT molecular complexity index is 1080. The second kappa shape index (κ2) is 7.94. The van der Waals surface area contributed by atoms with Gasteiger partial charge in [0.25, 0.3) is 15.9 Å². The van der Waals surface area contributed by atoms with Crippen LogP contribution in [0.3, 0.4) is 0 Å². The van der Waals surface area contributed by atoms with Gasteiger partial charge in [0, 0.05) is 15.7 Å². The van der Waals surface area contributed by atoms with Gasteiger partial charge in [0.05, 0.1) is 10.6 Å². The average Bonchev–Trinajstić information content (AvgIpc) is 2.62. The molecule has 0 aromatic heterocycles. The van der Waals surface area contributed by atoms with Gasteiger partial charge >= 0.3 is 0 Å². The van der Waals surface area contributed by atoms with Crippen molar-refractivity contribution < 1.29 is 13.2 Å². The molecule has 0 bridgehead atoms. The Balaban J connectivity index is 1.79. The Hall–Kier alpha value is -2.64. The zero-order chi connectivity index (χ0) is 19.4. The zero-order valence-corrected chi connectivity index (χ0v) is 16.8. The first-order chi connectivity index (χ1) is 12.8. The predicted molar refractivity (Wildman–Crippen MR) is 111 cm³/mol. The monoisotopic (exact) mass is 444 g/mol. The maximum atomic E-state index is 12.5. The molecule has 0 unspecified atom stereocenters. The number of hydrogen-bond acceptors (Lipinski definition) is 3. The molecule has 0 aliphatic heterocycles. The van der Waals surface area contributed by atoms with Gasteiger partial charge in [-0.25, -0.2) is 8.42 Å². The molecular weight excluding hydrogens is 428 g/mol. The minimum Gasteiger partial charge on any atom is -0.322 e. The van der Waals surface area contributed by atoms with Crippen LogP contribution in [0, 0.1) is 6.92 Å². The molecule has 5 nitrogen and oxygen atoms in total. The van der Waals surface area contributed by atoms with Crippen LogP contribution < -0.4 is 10.0 Å². The third-order valence-electron chi connectivity index (χ3n) is 3.86. The van der Waals surface area contributed by atoms with Crippen LogP contribution in [0.1, 0.15) is 15.9 Å². The van der Waals surface area contributed by atoms with Gasteiger partial charge in [-0.1, -0.05) is 40.2 Å². The minimum atomic E-state index is -3.69. The van der Waals surface area contributed by atoms with E-state index in [9.17, 15) is 13.2 Å². The smallest absolute Gasteiger partial charge is 0.261 e. The summed E-state index contributed by atoms with van der Waals surface area (Å²) >= 11 is 3.37. The van der Waals surface area contributed by atoms with Crippen molar-refractivity contribution in [3.63, 3.8) is 0 Å². The number of hydrogen-bond donors (Lipinski definition) is 2. The molecule has 3 aromatic rings. The zero-order valence-electron chi connectivity index (χ0n) is 14.4. The lowest BCUT2D eigenvalue weighted by Crippen LogP contribution is -2.15. The van der Waals surface area contributed by atoms with Crippen LogP contribution in [0.25, 0.3) is 0 Å². The molecule has 3 rings (SSSR count). The molecule has 0 radical (unpaired) electrons. The van der Waals surface area contributed by atoms with E-state index in [0.717, 1.165) is 10.0 Å². The topological polar surface area (TPSA) is 75.3 Å². The normalized spacial score (nSPS) is 11.0. The molecule has 0 saturated carbocycles. The van der Waals surface area contributed by atoms with Crippen molar-refractivity contribution >= 4 is 43.2 Å². The van der Waals surface area contributed by atoms with Crippen molar-refractivity contribution in [2.24, 2.45) is 0 Å². The van der Waals surface area contributed by atoms with Gasteiger partial charge in [-0.3, -0.25) is 9.52 Å². The summed E-state index contributed by atoms with van der Waals surface area (Å²) < 4.78 is 28.3. The largest absolute Gasteiger partial charge is 0.322 e. The molecular formula is C20H17BrN2O3S. The van der Waals surface area contributed by atoms with Gasteiger partial charge < -0.3 is 5.32 Å². The first kappa shape index (κ1) is 19.1. The molecule has 0 aliphatic rings. The van der Waals surface area contributed by atoms with Crippen molar-refractivity contribution in [1.29, 1.82) is 0 Å². The first-order valence-electron chi connectivity index (χ1n) is 8.10. The molecule has 0 atom stereocenters. The van der Waals surface area contributed by atoms with Crippen molar-refractivity contribution in [3.05, 3.63) is 88.4 Å². The summed E-state index contributed by atoms with van der Waals surface area (Å²) in [7, 11) is -3.69. The molecule has 0 heterocycles. The summed E-state index contributed by atoms with van der Waals surface area (Å²) in [4.78, 5) is 12.7. The van der Waals surface area contributed by atoms with Crippen LogP contribution in [0.5, 0.6) is 0 Å². The number of carbonyl (C=O) groups excluding carboxylic acids is 1. The highest BCUT2D eigenvalue weighted by Crippen LogP contribution is 2.21. The molecule has 27 heavy (non-hydrogen) atoms. The summed E-state index contributed by atoms with van der Waals surface area (Å²) in [6, 6.07) is 20.1. The Labute approximate surface area is 166 Å². The maximum Gasteiger partial charge on any atom is 0.261 e. The second-order valence-corrected chi connectivity index (χ2v) is 8.51. The SMILES string of the molecule is Cc1cc(Br)ccc1C(=O)Nc1cccc(NS(=O)(=O)c2ccccc2)c1. The van der Waals surface area contributed by atoms with Gasteiger partial charge in [-0.15, -0.1) is 0 Å². The highest BCUT2D eigenvalue weighted by atomic mass is 79.9. The summed E-state index contributed by atoms with van der Waals surface area (Å²) in [5.74, 6) is -0.261. The van der Waals surface area contributed by atoms with Gasteiger partial charge in [0.2, 0.25) is 0 Å². The second-order valence-electron chi connectivity index (χ2n) is 5.91. The molecule has 1 amide bonds. The molecule has 2 N–H and O–H groups in total. The number of amides is 1. The molecule has 0 spiro atoms. The fourth-order valence-corrected chi connectivity index (χ4v) is 4.10. The molecule has 0 saturated heterocycles. The standard InChI is InChI=1S/C20H17BrN2O3S/c1-14-12-15(21)10-11-19(14)20(24)22-16-6-5-7-17(13-16)23-27(25,26)18-8-3-2-4-9-18/h2-13,23H,1H3,(H,22,24). The molecule has 138 valence electrons. The lowest BCUT2D eigenvalue weighted by Gasteiger charge is -2.11. The number of carbonyl (C=O) groups is 1. The molecule has 0 fully saturated rings. The van der Waals surface area contributed by atoms with E-state index in [1.807, 2.05) is 13.0 Å². The first-order valence-corrected chi connectivity index (χ1v) is 10.4. The van der Waals surface area contributed by atoms with Crippen LogP contribution in [0.4, 0.5) is 11.4 Å². The summed E-state index contributed by atoms with van der Waals surface area (Å²) in [5, 5.41) is 2.80. The fourth-order valence-electron chi connectivity index (χ4n) is 2.55. The van der Waals surface area contributed by atoms with Gasteiger partial charge in [-0.2, -0.15) is 0 Å². The number of halogens is 1. The lowest BCUT2D eigenvalue weighted by molar-refractivity contribution is 0.102. The van der Waals surface area contributed by atoms with E-state index in [1.165, 1.54) is 12.1 Å². The van der Waals surface area contributed by atoms with Gasteiger partial charge in [-0.05, 0) is 61.0 Å². The van der Waals surface area contributed by atoms with Crippen molar-refractivity contribution in [3.8, 4) is 0 Å². The van der Waals surface area contributed by atoms with Crippen LogP contribution in [0.15, 0.2) is 82.2 Å². The third kappa shape index (κ3) is 4.75. The predicted octanol–water partition coefficient (Wildman–Crippen LogP) is 4.81. The number of aryl methyl sites for hydroxylation is 1. The van der Waals surface area contributed by atoms with E-state index >= 15 is 0 Å². The number of nitrogens with one attached hydrogen (secondary N) is 2. The van der Waals surface area contributed by atoms with E-state index in [2.05, 4.69) is 26.0 Å². The van der Waals surface area contributed by atoms with Crippen molar-refractivity contribution in [2.45, 2.75) is 11.8 Å². The Morgan fingerprint density at radius 1 is 0.889 bits per heavy atom. The third-order valence-corrected chi connectivity index (χ3v) is 5.75. The van der Waals surface area contributed by atoms with E-state index < -0.39 is 10.0 Å². The molecule has 3 aromatic carbocycles. The van der Waals surface area contributed by atoms with E-state index in [0.29, 0.717) is 16.9 Å². The van der Waals surface area contributed by atoms with E-state index in [1.54, 1.807) is 54.6 Å². The number of benzene rings is 3. The summed E-state index contributed by atoms with van der Waals surface area (Å²) in [6.07, 6.45) is 0. The van der Waals surface area contributed by atoms with Crippen molar-refractivity contribution in [1.82, 2.24) is 0 Å². The van der Waals surface area contributed by atoms with Crippen LogP contribution in [-0.4, -0.2) is 14.3 Å². The van der Waals surface area contributed by atoms with Crippen LogP contribution in [0.2, 0.25) is 0 Å². The van der Waals surface area contributed by atoms with Gasteiger partial charge in [0.1, 0.15) is 0 Å². The fraction of sp³-hybridized carbons (Fsp3) is 0.0500. The average molecular weight is 445 g/mol. The quantitative estimate of drug-likeness (QED) is 0.592. The summed E-state index contributed by atoms with van der Waals surface area (Å²) in [6.45, 7) is 1.85. The summed E-state index contributed by atoms with van der Waals surface area (Å²) in [5.41, 5.74) is 2.25. The number of rotatable bonds is 5. The van der Waals surface area contributed by atoms with Crippen LogP contribution in [-0.2, 0) is 10.0 Å². The Kier molecular flexibility index (Phi) is 5.62. The Morgan fingerprint density at radius 3 is 2.30 bits per heavy atom. The van der Waals surface area contributed by atoms with E-state index in [-0.39, 0.29) is 10.8 Å². The minimum absolute atomic E-state index is 0.171. The number of anilines is 2. The number of sulfonamides is 1. The van der Waals surface area contributed by atoms with Crippen LogP contribution >= 0.6 is 15.9 Å². The van der Waals surface area contributed by atoms with E-state index in [4.69, 9.17) is 0 Å². The molecule has 0 aliphatic carbocycles. The lowest BCUT2D eigenvalue weighted by atomic mass is 10.1. The Morgan fingerprint density at radius 2 is 1.59 bits per heavy atom.